The van der Waals surface area contributed by atoms with Crippen LogP contribution < -0.4 is 0 Å². The highest BCUT2D eigenvalue weighted by Crippen LogP contribution is 2.25. The summed E-state index contributed by atoms with van der Waals surface area (Å²) in [5, 5.41) is 0. The molecular formula is C15H13IO2. The normalized spacial score (nSPS) is 10.1. The molecule has 0 aliphatic heterocycles. The minimum Gasteiger partial charge on any atom is -0.391 e. The lowest BCUT2D eigenvalue weighted by molar-refractivity contribution is 0.0800. The molecule has 2 rings (SSSR count). The molecule has 0 atom stereocenters. The smallest absolute Gasteiger partial charge is 0.347 e. The average Bonchev–Trinajstić information content (AvgIpc) is 2.46. The van der Waals surface area contributed by atoms with E-state index in [0.29, 0.717) is 5.56 Å². The molecule has 0 bridgehead atoms. The van der Waals surface area contributed by atoms with Gasteiger partial charge in [0.2, 0.25) is 0 Å². The second kappa shape index (κ2) is 6.00. The summed E-state index contributed by atoms with van der Waals surface area (Å²) in [5.74, 6) is -0.301. The van der Waals surface area contributed by atoms with Crippen molar-refractivity contribution in [2.75, 3.05) is 0 Å². The predicted molar refractivity (Wildman–Crippen MR) is 80.7 cm³/mol. The van der Waals surface area contributed by atoms with Crippen molar-refractivity contribution in [3.63, 3.8) is 0 Å². The fourth-order valence-electron chi connectivity index (χ4n) is 1.96. The van der Waals surface area contributed by atoms with Crippen LogP contribution in [0.25, 0.3) is 11.1 Å². The van der Waals surface area contributed by atoms with Gasteiger partial charge in [0.25, 0.3) is 0 Å². The molecule has 0 heterocycles. The first-order valence-electron chi connectivity index (χ1n) is 5.77. The van der Waals surface area contributed by atoms with Gasteiger partial charge in [-0.05, 0) is 35.2 Å². The fourth-order valence-corrected chi connectivity index (χ4v) is 2.21. The van der Waals surface area contributed by atoms with Gasteiger partial charge in [0.05, 0.1) is 5.56 Å². The van der Waals surface area contributed by atoms with Crippen molar-refractivity contribution in [3.05, 3.63) is 59.7 Å². The minimum absolute atomic E-state index is 0.301. The second-order valence-corrected chi connectivity index (χ2v) is 4.40. The topological polar surface area (TPSA) is 26.3 Å². The zero-order valence-electron chi connectivity index (χ0n) is 10.0. The number of aryl methyl sites for hydroxylation is 1. The molecule has 3 heteroatoms. The number of hydrogen-bond acceptors (Lipinski definition) is 2. The van der Waals surface area contributed by atoms with Crippen LogP contribution >= 0.6 is 23.0 Å². The number of carbonyl (C=O) groups excluding carboxylic acids is 1. The Morgan fingerprint density at radius 2 is 1.89 bits per heavy atom. The maximum absolute atomic E-state index is 11.5. The first-order valence-corrected chi connectivity index (χ1v) is 6.65. The van der Waals surface area contributed by atoms with Crippen molar-refractivity contribution in [2.24, 2.45) is 0 Å². The molecule has 18 heavy (non-hydrogen) atoms. The quantitative estimate of drug-likeness (QED) is 0.765. The third-order valence-corrected chi connectivity index (χ3v) is 3.28. The summed E-state index contributed by atoms with van der Waals surface area (Å²) in [5.41, 5.74) is 4.09. The highest BCUT2D eigenvalue weighted by molar-refractivity contribution is 14.1. The van der Waals surface area contributed by atoms with Gasteiger partial charge in [-0.25, -0.2) is 4.79 Å². The van der Waals surface area contributed by atoms with Crippen molar-refractivity contribution < 1.29 is 7.86 Å². The van der Waals surface area contributed by atoms with Crippen molar-refractivity contribution in [3.8, 4) is 11.1 Å². The van der Waals surface area contributed by atoms with E-state index in [-0.39, 0.29) is 5.97 Å². The molecule has 92 valence electrons. The van der Waals surface area contributed by atoms with E-state index < -0.39 is 0 Å². The largest absolute Gasteiger partial charge is 0.391 e. The Kier molecular flexibility index (Phi) is 4.36. The van der Waals surface area contributed by atoms with Crippen LogP contribution in [0.5, 0.6) is 0 Å². The maximum Gasteiger partial charge on any atom is 0.347 e. The highest BCUT2D eigenvalue weighted by atomic mass is 127. The summed E-state index contributed by atoms with van der Waals surface area (Å²) >= 11 is 1.61. The Hall–Kier alpha value is -1.36. The van der Waals surface area contributed by atoms with Crippen LogP contribution in [0.2, 0.25) is 0 Å². The van der Waals surface area contributed by atoms with Crippen LogP contribution in [-0.4, -0.2) is 5.97 Å². The molecule has 2 nitrogen and oxygen atoms in total. The van der Waals surface area contributed by atoms with Crippen molar-refractivity contribution in [2.45, 2.75) is 13.3 Å². The third kappa shape index (κ3) is 2.72. The fraction of sp³-hybridized carbons (Fsp3) is 0.133. The van der Waals surface area contributed by atoms with E-state index in [1.807, 2.05) is 36.4 Å². The van der Waals surface area contributed by atoms with E-state index in [0.717, 1.165) is 12.0 Å². The lowest BCUT2D eigenvalue weighted by Crippen LogP contribution is -1.99. The van der Waals surface area contributed by atoms with Crippen LogP contribution in [-0.2, 0) is 9.49 Å². The second-order valence-electron chi connectivity index (χ2n) is 3.96. The molecule has 0 fully saturated rings. The molecule has 0 spiro atoms. The van der Waals surface area contributed by atoms with E-state index in [2.05, 4.69) is 19.1 Å². The molecule has 0 unspecified atom stereocenters. The number of rotatable bonds is 3. The van der Waals surface area contributed by atoms with Crippen molar-refractivity contribution >= 4 is 29.0 Å². The number of halogens is 1. The van der Waals surface area contributed by atoms with Gasteiger partial charge >= 0.3 is 5.97 Å². The summed E-state index contributed by atoms with van der Waals surface area (Å²) < 4.78 is 4.71. The van der Waals surface area contributed by atoms with Gasteiger partial charge in [-0.3, -0.25) is 0 Å². The summed E-state index contributed by atoms with van der Waals surface area (Å²) in [6.45, 7) is 2.08. The van der Waals surface area contributed by atoms with Crippen LogP contribution in [0.1, 0.15) is 22.8 Å². The Morgan fingerprint density at radius 1 is 1.17 bits per heavy atom. The van der Waals surface area contributed by atoms with Crippen LogP contribution in [0, 0.1) is 0 Å². The van der Waals surface area contributed by atoms with E-state index in [9.17, 15) is 4.79 Å². The summed E-state index contributed by atoms with van der Waals surface area (Å²) in [7, 11) is 0. The first-order chi connectivity index (χ1) is 8.76. The first kappa shape index (κ1) is 13.1. The van der Waals surface area contributed by atoms with Gasteiger partial charge in [-0.1, -0.05) is 43.3 Å². The van der Waals surface area contributed by atoms with E-state index in [4.69, 9.17) is 3.07 Å². The molecule has 2 aromatic rings. The van der Waals surface area contributed by atoms with Gasteiger partial charge in [0.1, 0.15) is 0 Å². The maximum atomic E-state index is 11.5. The van der Waals surface area contributed by atoms with Gasteiger partial charge in [0.15, 0.2) is 23.0 Å². The van der Waals surface area contributed by atoms with Crippen molar-refractivity contribution in [1.29, 1.82) is 0 Å². The van der Waals surface area contributed by atoms with E-state index in [1.54, 1.807) is 23.0 Å². The Labute approximate surface area is 121 Å². The third-order valence-electron chi connectivity index (χ3n) is 2.88. The molecule has 0 N–H and O–H groups in total. The lowest BCUT2D eigenvalue weighted by Gasteiger charge is -2.09. The number of carbonyl (C=O) groups is 1. The Bertz CT molecular complexity index is 550. The van der Waals surface area contributed by atoms with Crippen LogP contribution in [0.4, 0.5) is 0 Å². The molecule has 0 amide bonds. The van der Waals surface area contributed by atoms with Crippen LogP contribution in [0.3, 0.4) is 0 Å². The molecule has 0 aromatic heterocycles. The lowest BCUT2D eigenvalue weighted by atomic mass is 9.96. The Morgan fingerprint density at radius 3 is 2.50 bits per heavy atom. The highest BCUT2D eigenvalue weighted by Gasteiger charge is 2.10. The zero-order chi connectivity index (χ0) is 13.0. The Balaban J connectivity index is 2.47. The number of hydrogen-bond donors (Lipinski definition) is 0. The summed E-state index contributed by atoms with van der Waals surface area (Å²) in [6, 6.07) is 15.9. The van der Waals surface area contributed by atoms with Gasteiger partial charge in [0, 0.05) is 0 Å². The molecule has 0 aliphatic rings. The standard InChI is InChI=1S/C15H13IO2/c1-2-11-10-13(15(17)18-16)8-9-14(11)12-6-4-3-5-7-12/h3-10H,2H2,1H3. The van der Waals surface area contributed by atoms with Gasteiger partial charge < -0.3 is 3.07 Å². The predicted octanol–water partition coefficient (Wildman–Crippen LogP) is 4.42. The monoisotopic (exact) mass is 352 g/mol. The molecule has 0 saturated heterocycles. The average molecular weight is 352 g/mol. The van der Waals surface area contributed by atoms with Gasteiger partial charge in [-0.15, -0.1) is 0 Å². The zero-order valence-corrected chi connectivity index (χ0v) is 12.2. The summed E-state index contributed by atoms with van der Waals surface area (Å²) in [4.78, 5) is 11.5. The molecule has 0 saturated carbocycles. The van der Waals surface area contributed by atoms with Crippen LogP contribution in [0.15, 0.2) is 48.5 Å². The minimum atomic E-state index is -0.301. The number of benzene rings is 2. The van der Waals surface area contributed by atoms with E-state index >= 15 is 0 Å². The summed E-state index contributed by atoms with van der Waals surface area (Å²) in [6.07, 6.45) is 0.882. The van der Waals surface area contributed by atoms with Gasteiger partial charge in [-0.2, -0.15) is 0 Å². The molecular weight excluding hydrogens is 339 g/mol. The van der Waals surface area contributed by atoms with Crippen molar-refractivity contribution in [1.82, 2.24) is 0 Å². The van der Waals surface area contributed by atoms with E-state index in [1.165, 1.54) is 11.1 Å². The molecule has 2 aromatic carbocycles. The molecule has 0 aliphatic carbocycles. The molecule has 0 radical (unpaired) electrons. The SMILES string of the molecule is CCc1cc(C(=O)OI)ccc1-c1ccccc1.